The van der Waals surface area contributed by atoms with Crippen LogP contribution in [0.2, 0.25) is 0 Å². The first kappa shape index (κ1) is 19.2. The Bertz CT molecular complexity index is 601. The Morgan fingerprint density at radius 1 is 0.522 bits per heavy atom. The summed E-state index contributed by atoms with van der Waals surface area (Å²) in [6.45, 7) is 0. The fourth-order valence-electron chi connectivity index (χ4n) is 1.75. The van der Waals surface area contributed by atoms with E-state index in [1.807, 2.05) is 0 Å². The Hall–Kier alpha value is -1.82. The lowest BCUT2D eigenvalue weighted by Crippen LogP contribution is -2.27. The molecule has 1 aromatic carbocycles. The molecule has 0 amide bonds. The number of halogens is 12. The highest BCUT2D eigenvalue weighted by molar-refractivity contribution is 5.63. The minimum absolute atomic E-state index is 1.09. The van der Waals surface area contributed by atoms with Crippen LogP contribution < -0.4 is 5.73 Å². The Morgan fingerprint density at radius 3 is 1.13 bits per heavy atom. The van der Waals surface area contributed by atoms with Gasteiger partial charge in [-0.2, -0.15) is 52.7 Å². The molecule has 0 aliphatic carbocycles. The van der Waals surface area contributed by atoms with E-state index >= 15 is 0 Å². The molecule has 0 unspecified atom stereocenters. The molecule has 0 fully saturated rings. The molecule has 13 heteroatoms. The molecule has 0 spiro atoms. The van der Waals surface area contributed by atoms with Crippen LogP contribution in [-0.4, -0.2) is 0 Å². The number of nitrogen functional groups attached to an aromatic ring is 1. The van der Waals surface area contributed by atoms with Gasteiger partial charge < -0.3 is 5.73 Å². The molecule has 0 saturated heterocycles. The summed E-state index contributed by atoms with van der Waals surface area (Å²) in [6, 6.07) is -1.09. The van der Waals surface area contributed by atoms with Gasteiger partial charge in [0.15, 0.2) is 0 Å². The molecule has 1 nitrogen and oxygen atoms in total. The topological polar surface area (TPSA) is 26.0 Å². The van der Waals surface area contributed by atoms with Gasteiger partial charge in [-0.25, -0.2) is 0 Å². The van der Waals surface area contributed by atoms with Crippen molar-refractivity contribution in [1.29, 1.82) is 0 Å². The van der Waals surface area contributed by atoms with Gasteiger partial charge in [0.05, 0.1) is 27.9 Å². The van der Waals surface area contributed by atoms with E-state index in [0.717, 1.165) is 0 Å². The van der Waals surface area contributed by atoms with Gasteiger partial charge in [-0.1, -0.05) is 0 Å². The van der Waals surface area contributed by atoms with Crippen LogP contribution in [0.5, 0.6) is 0 Å². The Balaban J connectivity index is 4.13. The monoisotopic (exact) mass is 365 g/mol. The zero-order valence-electron chi connectivity index (χ0n) is 10.2. The van der Waals surface area contributed by atoms with Crippen molar-refractivity contribution in [1.82, 2.24) is 0 Å². The van der Waals surface area contributed by atoms with Crippen molar-refractivity contribution in [2.45, 2.75) is 24.7 Å². The fraction of sp³-hybridized carbons (Fsp3) is 0.400. The third kappa shape index (κ3) is 3.75. The average molecular weight is 365 g/mol. The number of hydrogen-bond acceptors (Lipinski definition) is 1. The highest BCUT2D eigenvalue weighted by Crippen LogP contribution is 2.52. The highest BCUT2D eigenvalue weighted by atomic mass is 19.4. The van der Waals surface area contributed by atoms with E-state index in [4.69, 9.17) is 0 Å². The van der Waals surface area contributed by atoms with Crippen LogP contribution >= 0.6 is 0 Å². The molecular formula is C10H3F12N. The first-order valence-electron chi connectivity index (χ1n) is 5.13. The van der Waals surface area contributed by atoms with Crippen molar-refractivity contribution in [2.24, 2.45) is 0 Å². The van der Waals surface area contributed by atoms with E-state index in [1.165, 1.54) is 0 Å². The predicted octanol–water partition coefficient (Wildman–Crippen LogP) is 5.34. The molecule has 1 aromatic rings. The molecule has 0 saturated carbocycles. The molecule has 0 bridgehead atoms. The summed E-state index contributed by atoms with van der Waals surface area (Å²) in [4.78, 5) is 0. The summed E-state index contributed by atoms with van der Waals surface area (Å²) in [5.74, 6) is 0. The van der Waals surface area contributed by atoms with Gasteiger partial charge >= 0.3 is 24.7 Å². The molecule has 1 rings (SSSR count). The zero-order valence-corrected chi connectivity index (χ0v) is 10.2. The standard InChI is InChI=1S/C10H3F12N/c11-7(12,13)2-1-3(8(14,15)16)6(23)5(10(20,21)22)4(2)9(17,18)19/h1H,23H2. The molecule has 2 N–H and O–H groups in total. The third-order valence-electron chi connectivity index (χ3n) is 2.55. The second kappa shape index (κ2) is 5.09. The van der Waals surface area contributed by atoms with Crippen LogP contribution in [0, 0.1) is 0 Å². The Morgan fingerprint density at radius 2 is 0.870 bits per heavy atom. The van der Waals surface area contributed by atoms with Crippen LogP contribution in [0.25, 0.3) is 0 Å². The summed E-state index contributed by atoms with van der Waals surface area (Å²) in [7, 11) is 0. The van der Waals surface area contributed by atoms with Crippen molar-refractivity contribution in [2.75, 3.05) is 5.73 Å². The van der Waals surface area contributed by atoms with Crippen molar-refractivity contribution >= 4 is 5.69 Å². The van der Waals surface area contributed by atoms with E-state index in [2.05, 4.69) is 5.73 Å². The second-order valence-electron chi connectivity index (χ2n) is 4.13. The lowest BCUT2D eigenvalue weighted by atomic mass is 9.93. The number of anilines is 1. The van der Waals surface area contributed by atoms with Crippen molar-refractivity contribution < 1.29 is 52.7 Å². The first-order valence-corrected chi connectivity index (χ1v) is 5.13. The number of benzene rings is 1. The molecule has 0 aliphatic rings. The molecule has 0 aromatic heterocycles. The lowest BCUT2D eigenvalue weighted by molar-refractivity contribution is -0.175. The SMILES string of the molecule is Nc1c(C(F)(F)F)cc(C(F)(F)F)c(C(F)(F)F)c1C(F)(F)F. The number of nitrogens with two attached hydrogens (primary N) is 1. The summed E-state index contributed by atoms with van der Waals surface area (Å²) < 4.78 is 151. The molecular weight excluding hydrogens is 362 g/mol. The van der Waals surface area contributed by atoms with Gasteiger partial charge in [0.25, 0.3) is 0 Å². The largest absolute Gasteiger partial charge is 0.419 e. The third-order valence-corrected chi connectivity index (χ3v) is 2.55. The minimum atomic E-state index is -6.24. The smallest absolute Gasteiger partial charge is 0.398 e. The van der Waals surface area contributed by atoms with Gasteiger partial charge in [0, 0.05) is 0 Å². The van der Waals surface area contributed by atoms with Crippen LogP contribution in [0.15, 0.2) is 6.07 Å². The van der Waals surface area contributed by atoms with Gasteiger partial charge in [0.1, 0.15) is 0 Å². The van der Waals surface area contributed by atoms with Crippen LogP contribution in [0.4, 0.5) is 58.4 Å². The summed E-state index contributed by atoms with van der Waals surface area (Å²) >= 11 is 0. The quantitative estimate of drug-likeness (QED) is 0.487. The van der Waals surface area contributed by atoms with E-state index in [-0.39, 0.29) is 0 Å². The maximum absolute atomic E-state index is 12.7. The molecule has 0 aliphatic heterocycles. The average Bonchev–Trinajstić information content (AvgIpc) is 2.21. The molecule has 23 heavy (non-hydrogen) atoms. The number of hydrogen-bond donors (Lipinski definition) is 1. The molecule has 132 valence electrons. The summed E-state index contributed by atoms with van der Waals surface area (Å²) in [5.41, 5.74) is -10.4. The summed E-state index contributed by atoms with van der Waals surface area (Å²) in [6.07, 6.45) is -24.4. The zero-order chi connectivity index (χ0) is 18.6. The van der Waals surface area contributed by atoms with Crippen LogP contribution in [0.3, 0.4) is 0 Å². The van der Waals surface area contributed by atoms with E-state index in [0.29, 0.717) is 0 Å². The van der Waals surface area contributed by atoms with Crippen molar-refractivity contribution in [3.8, 4) is 0 Å². The van der Waals surface area contributed by atoms with Gasteiger partial charge in [-0.3, -0.25) is 0 Å². The molecule has 0 radical (unpaired) electrons. The lowest BCUT2D eigenvalue weighted by Gasteiger charge is -2.24. The second-order valence-corrected chi connectivity index (χ2v) is 4.13. The van der Waals surface area contributed by atoms with E-state index in [9.17, 15) is 52.7 Å². The van der Waals surface area contributed by atoms with Crippen molar-refractivity contribution in [3.63, 3.8) is 0 Å². The number of rotatable bonds is 0. The Labute approximate surface area is 118 Å². The van der Waals surface area contributed by atoms with E-state index in [1.54, 1.807) is 0 Å². The van der Waals surface area contributed by atoms with Crippen LogP contribution in [0.1, 0.15) is 22.3 Å². The number of alkyl halides is 12. The fourth-order valence-corrected chi connectivity index (χ4v) is 1.75. The normalized spacial score (nSPS) is 14.3. The van der Waals surface area contributed by atoms with E-state index < -0.39 is 58.7 Å². The van der Waals surface area contributed by atoms with Crippen molar-refractivity contribution in [3.05, 3.63) is 28.3 Å². The molecule has 0 atom stereocenters. The van der Waals surface area contributed by atoms with Gasteiger partial charge in [-0.05, 0) is 6.07 Å². The van der Waals surface area contributed by atoms with Gasteiger partial charge in [-0.15, -0.1) is 0 Å². The molecule has 0 heterocycles. The first-order chi connectivity index (χ1) is 9.88. The minimum Gasteiger partial charge on any atom is -0.398 e. The van der Waals surface area contributed by atoms with Gasteiger partial charge in [0.2, 0.25) is 0 Å². The Kier molecular flexibility index (Phi) is 4.26. The maximum atomic E-state index is 12.7. The maximum Gasteiger partial charge on any atom is 0.419 e. The highest BCUT2D eigenvalue weighted by Gasteiger charge is 2.53. The van der Waals surface area contributed by atoms with Crippen LogP contribution in [-0.2, 0) is 24.7 Å². The summed E-state index contributed by atoms with van der Waals surface area (Å²) in [5, 5.41) is 0. The predicted molar refractivity (Wildman–Crippen MR) is 50.9 cm³/mol.